The van der Waals surface area contributed by atoms with E-state index in [4.69, 9.17) is 10.5 Å². The lowest BCUT2D eigenvalue weighted by molar-refractivity contribution is 0.0299. The number of hydrogen-bond acceptors (Lipinski definition) is 5. The Kier molecular flexibility index (Phi) is 4.01. The van der Waals surface area contributed by atoms with Crippen molar-refractivity contribution in [1.82, 2.24) is 4.98 Å². The van der Waals surface area contributed by atoms with E-state index < -0.39 is 0 Å². The van der Waals surface area contributed by atoms with E-state index >= 15 is 0 Å². The van der Waals surface area contributed by atoms with Crippen LogP contribution in [0.1, 0.15) is 38.1 Å². The molecule has 0 aromatic carbocycles. The van der Waals surface area contributed by atoms with Crippen LogP contribution in [-0.4, -0.2) is 30.3 Å². The molecule has 0 amide bonds. The van der Waals surface area contributed by atoms with Gasteiger partial charge >= 0.3 is 0 Å². The van der Waals surface area contributed by atoms with Gasteiger partial charge in [-0.25, -0.2) is 4.98 Å². The molecule has 0 bridgehead atoms. The molecule has 1 aromatic heterocycles. The Balaban J connectivity index is 2.17. The fourth-order valence-electron chi connectivity index (χ4n) is 2.04. The van der Waals surface area contributed by atoms with Crippen LogP contribution in [0.3, 0.4) is 0 Å². The molecule has 5 heteroatoms. The minimum absolute atomic E-state index is 0.0693. The molecule has 2 rings (SSSR count). The van der Waals surface area contributed by atoms with Crippen molar-refractivity contribution in [1.29, 1.82) is 0 Å². The Morgan fingerprint density at radius 3 is 3.06 bits per heavy atom. The second-order valence-corrected chi connectivity index (χ2v) is 5.73. The lowest BCUT2D eigenvalue weighted by Gasteiger charge is -2.38. The highest BCUT2D eigenvalue weighted by molar-refractivity contribution is 7.15. The van der Waals surface area contributed by atoms with Crippen LogP contribution >= 0.6 is 11.3 Å². The molecule has 0 saturated carbocycles. The predicted molar refractivity (Wildman–Crippen MR) is 71.6 cm³/mol. The molecular formula is C12H21N3OS. The van der Waals surface area contributed by atoms with Crippen LogP contribution < -0.4 is 10.6 Å². The Morgan fingerprint density at radius 2 is 2.47 bits per heavy atom. The van der Waals surface area contributed by atoms with Crippen molar-refractivity contribution in [2.24, 2.45) is 5.73 Å². The largest absolute Gasteiger partial charge is 0.375 e. The molecule has 1 aliphatic heterocycles. The fraction of sp³-hybridized carbons (Fsp3) is 0.750. The molecular weight excluding hydrogens is 234 g/mol. The van der Waals surface area contributed by atoms with Gasteiger partial charge in [-0.15, -0.1) is 11.3 Å². The van der Waals surface area contributed by atoms with E-state index in [1.807, 2.05) is 13.1 Å². The number of anilines is 1. The Hall–Kier alpha value is -0.650. The van der Waals surface area contributed by atoms with Gasteiger partial charge in [-0.3, -0.25) is 0 Å². The summed E-state index contributed by atoms with van der Waals surface area (Å²) in [6, 6.07) is 0.512. The maximum absolute atomic E-state index is 5.88. The summed E-state index contributed by atoms with van der Waals surface area (Å²) < 4.78 is 5.70. The third kappa shape index (κ3) is 2.78. The minimum Gasteiger partial charge on any atom is -0.375 e. The molecule has 3 atom stereocenters. The van der Waals surface area contributed by atoms with E-state index in [1.54, 1.807) is 11.3 Å². The number of thiazole rings is 1. The van der Waals surface area contributed by atoms with Gasteiger partial charge in [-0.05, 0) is 20.3 Å². The second-order valence-electron chi connectivity index (χ2n) is 4.69. The normalized spacial score (nSPS) is 27.2. The SMILES string of the molecule is CCC1COC(C)CN1c1ncc(C(C)N)s1. The van der Waals surface area contributed by atoms with Crippen molar-refractivity contribution in [2.45, 2.75) is 45.4 Å². The van der Waals surface area contributed by atoms with Gasteiger partial charge < -0.3 is 15.4 Å². The molecule has 3 unspecified atom stereocenters. The number of hydrogen-bond donors (Lipinski definition) is 1. The van der Waals surface area contributed by atoms with Gasteiger partial charge in [-0.2, -0.15) is 0 Å². The summed E-state index contributed by atoms with van der Waals surface area (Å²) in [6.07, 6.45) is 3.26. The third-order valence-corrected chi connectivity index (χ3v) is 4.38. The predicted octanol–water partition coefficient (Wildman–Crippen LogP) is 2.17. The summed E-state index contributed by atoms with van der Waals surface area (Å²) in [5.41, 5.74) is 5.88. The maximum atomic E-state index is 5.88. The van der Waals surface area contributed by atoms with Crippen molar-refractivity contribution in [3.63, 3.8) is 0 Å². The van der Waals surface area contributed by atoms with Crippen LogP contribution in [-0.2, 0) is 4.74 Å². The molecule has 2 N–H and O–H groups in total. The first-order chi connectivity index (χ1) is 8.11. The van der Waals surface area contributed by atoms with E-state index in [0.717, 1.165) is 29.6 Å². The summed E-state index contributed by atoms with van der Waals surface area (Å²) in [7, 11) is 0. The first-order valence-electron chi connectivity index (χ1n) is 6.21. The topological polar surface area (TPSA) is 51.4 Å². The van der Waals surface area contributed by atoms with Crippen molar-refractivity contribution in [3.05, 3.63) is 11.1 Å². The Bertz CT molecular complexity index is 366. The lowest BCUT2D eigenvalue weighted by atomic mass is 10.1. The highest BCUT2D eigenvalue weighted by atomic mass is 32.1. The molecule has 4 nitrogen and oxygen atoms in total. The summed E-state index contributed by atoms with van der Waals surface area (Å²) in [5, 5.41) is 1.08. The minimum atomic E-state index is 0.0693. The molecule has 2 heterocycles. The molecule has 1 saturated heterocycles. The second kappa shape index (κ2) is 5.33. The van der Waals surface area contributed by atoms with Crippen LogP contribution in [0.15, 0.2) is 6.20 Å². The number of morpholine rings is 1. The summed E-state index contributed by atoms with van der Waals surface area (Å²) >= 11 is 1.70. The lowest BCUT2D eigenvalue weighted by Crippen LogP contribution is -2.48. The summed E-state index contributed by atoms with van der Waals surface area (Å²) in [5.74, 6) is 0. The molecule has 1 aromatic rings. The molecule has 0 aliphatic carbocycles. The van der Waals surface area contributed by atoms with Crippen molar-refractivity contribution >= 4 is 16.5 Å². The van der Waals surface area contributed by atoms with E-state index in [-0.39, 0.29) is 12.1 Å². The zero-order chi connectivity index (χ0) is 12.4. The van der Waals surface area contributed by atoms with Crippen LogP contribution in [0.5, 0.6) is 0 Å². The van der Waals surface area contributed by atoms with Crippen molar-refractivity contribution in [3.8, 4) is 0 Å². The summed E-state index contributed by atoms with van der Waals surface area (Å²) in [6.45, 7) is 8.02. The molecule has 0 radical (unpaired) electrons. The van der Waals surface area contributed by atoms with Gasteiger partial charge in [0, 0.05) is 23.7 Å². The smallest absolute Gasteiger partial charge is 0.185 e. The third-order valence-electron chi connectivity index (χ3n) is 3.14. The fourth-order valence-corrected chi connectivity index (χ4v) is 2.99. The quantitative estimate of drug-likeness (QED) is 0.899. The van der Waals surface area contributed by atoms with Gasteiger partial charge in [0.05, 0.1) is 18.8 Å². The average Bonchev–Trinajstić information content (AvgIpc) is 2.78. The zero-order valence-electron chi connectivity index (χ0n) is 10.7. The van der Waals surface area contributed by atoms with Crippen LogP contribution in [0.4, 0.5) is 5.13 Å². The number of rotatable bonds is 3. The molecule has 17 heavy (non-hydrogen) atoms. The van der Waals surface area contributed by atoms with Crippen molar-refractivity contribution < 1.29 is 4.74 Å². The van der Waals surface area contributed by atoms with Gasteiger partial charge in [0.2, 0.25) is 0 Å². The zero-order valence-corrected chi connectivity index (χ0v) is 11.5. The van der Waals surface area contributed by atoms with Crippen LogP contribution in [0.2, 0.25) is 0 Å². The van der Waals surface area contributed by atoms with Crippen LogP contribution in [0.25, 0.3) is 0 Å². The molecule has 1 aliphatic rings. The van der Waals surface area contributed by atoms with Crippen molar-refractivity contribution in [2.75, 3.05) is 18.1 Å². The van der Waals surface area contributed by atoms with E-state index in [9.17, 15) is 0 Å². The number of ether oxygens (including phenoxy) is 1. The van der Waals surface area contributed by atoms with Crippen LogP contribution in [0, 0.1) is 0 Å². The summed E-state index contributed by atoms with van der Waals surface area (Å²) in [4.78, 5) is 8.02. The van der Waals surface area contributed by atoms with E-state index in [2.05, 4.69) is 23.7 Å². The standard InChI is InChI=1S/C12H21N3OS/c1-4-10-7-16-8(2)6-15(10)12-14-5-11(17-12)9(3)13/h5,8-10H,4,6-7,13H2,1-3H3. The molecule has 0 spiro atoms. The highest BCUT2D eigenvalue weighted by Gasteiger charge is 2.27. The molecule has 96 valence electrons. The van der Waals surface area contributed by atoms with Gasteiger partial charge in [-0.1, -0.05) is 6.92 Å². The number of aromatic nitrogens is 1. The highest BCUT2D eigenvalue weighted by Crippen LogP contribution is 2.30. The van der Waals surface area contributed by atoms with Gasteiger partial charge in [0.25, 0.3) is 0 Å². The monoisotopic (exact) mass is 255 g/mol. The molecule has 1 fully saturated rings. The first kappa shape index (κ1) is 12.8. The first-order valence-corrected chi connectivity index (χ1v) is 7.03. The van der Waals surface area contributed by atoms with Gasteiger partial charge in [0.15, 0.2) is 5.13 Å². The number of nitrogens with zero attached hydrogens (tertiary/aromatic N) is 2. The van der Waals surface area contributed by atoms with Gasteiger partial charge in [0.1, 0.15) is 0 Å². The Labute approximate surface area is 107 Å². The Morgan fingerprint density at radius 1 is 1.71 bits per heavy atom. The maximum Gasteiger partial charge on any atom is 0.185 e. The number of nitrogens with two attached hydrogens (primary N) is 1. The van der Waals surface area contributed by atoms with E-state index in [0.29, 0.717) is 6.04 Å². The van der Waals surface area contributed by atoms with E-state index in [1.165, 1.54) is 0 Å². The average molecular weight is 255 g/mol.